The second kappa shape index (κ2) is 7.16. The van der Waals surface area contributed by atoms with Crippen molar-refractivity contribution >= 4 is 5.91 Å². The third-order valence-electron chi connectivity index (χ3n) is 4.90. The fourth-order valence-corrected chi connectivity index (χ4v) is 3.23. The summed E-state index contributed by atoms with van der Waals surface area (Å²) in [6.07, 6.45) is 7.21. The summed E-state index contributed by atoms with van der Waals surface area (Å²) in [5.41, 5.74) is 0.883. The molecule has 2 aliphatic carbocycles. The number of carbonyl (C=O) groups is 1. The lowest BCUT2D eigenvalue weighted by atomic mass is 9.93. The molecule has 0 aromatic carbocycles. The van der Waals surface area contributed by atoms with Crippen LogP contribution in [0.2, 0.25) is 0 Å². The number of hydrogen-bond donors (Lipinski definition) is 1. The fourth-order valence-electron chi connectivity index (χ4n) is 3.23. The maximum atomic E-state index is 12.3. The van der Waals surface area contributed by atoms with Gasteiger partial charge < -0.3 is 14.6 Å². The molecule has 2 fully saturated rings. The van der Waals surface area contributed by atoms with Gasteiger partial charge in [-0.1, -0.05) is 5.16 Å². The first kappa shape index (κ1) is 16.6. The van der Waals surface area contributed by atoms with Crippen LogP contribution < -0.4 is 10.1 Å². The topological polar surface area (TPSA) is 101 Å². The molecule has 1 N–H and O–H groups in total. The largest absolute Gasteiger partial charge is 0.474 e. The Kier molecular flexibility index (Phi) is 4.57. The van der Waals surface area contributed by atoms with E-state index in [2.05, 4.69) is 15.5 Å². The SMILES string of the molecule is N#Cc1ccc(OC2CCC(NC(=O)c3cc(C4CC4)on3)CC2)nc1. The van der Waals surface area contributed by atoms with Crippen molar-refractivity contribution in [3.8, 4) is 11.9 Å². The van der Waals surface area contributed by atoms with Crippen molar-refractivity contribution in [1.82, 2.24) is 15.5 Å². The number of carbonyl (C=O) groups excluding carboxylic acids is 1. The zero-order chi connectivity index (χ0) is 17.9. The van der Waals surface area contributed by atoms with Crippen molar-refractivity contribution in [2.75, 3.05) is 0 Å². The standard InChI is InChI=1S/C19H20N4O3/c20-10-12-1-8-18(21-11-12)25-15-6-4-14(5-7-15)22-19(24)16-9-17(26-23-16)13-2-3-13/h1,8-9,11,13-15H,2-7H2,(H,22,24). The summed E-state index contributed by atoms with van der Waals surface area (Å²) < 4.78 is 11.1. The molecule has 7 nitrogen and oxygen atoms in total. The number of nitriles is 1. The Hall–Kier alpha value is -2.88. The van der Waals surface area contributed by atoms with Crippen molar-refractivity contribution in [3.63, 3.8) is 0 Å². The van der Waals surface area contributed by atoms with Gasteiger partial charge in [0.15, 0.2) is 5.69 Å². The molecule has 1 amide bonds. The molecule has 2 aliphatic rings. The molecule has 0 unspecified atom stereocenters. The first-order chi connectivity index (χ1) is 12.7. The molecule has 2 aromatic rings. The summed E-state index contributed by atoms with van der Waals surface area (Å²) in [5.74, 6) is 1.64. The van der Waals surface area contributed by atoms with Gasteiger partial charge in [-0.15, -0.1) is 0 Å². The predicted octanol–water partition coefficient (Wildman–Crippen LogP) is 2.94. The van der Waals surface area contributed by atoms with Crippen LogP contribution in [-0.2, 0) is 0 Å². The van der Waals surface area contributed by atoms with Crippen molar-refractivity contribution in [3.05, 3.63) is 41.4 Å². The van der Waals surface area contributed by atoms with E-state index in [1.165, 1.54) is 6.20 Å². The number of nitrogens with zero attached hydrogens (tertiary/aromatic N) is 3. The summed E-state index contributed by atoms with van der Waals surface area (Å²) in [5, 5.41) is 15.7. The highest BCUT2D eigenvalue weighted by atomic mass is 16.5. The van der Waals surface area contributed by atoms with E-state index in [-0.39, 0.29) is 18.1 Å². The van der Waals surface area contributed by atoms with Crippen LogP contribution in [0.1, 0.15) is 66.3 Å². The highest BCUT2D eigenvalue weighted by Gasteiger charge is 2.30. The quantitative estimate of drug-likeness (QED) is 0.888. The molecule has 26 heavy (non-hydrogen) atoms. The number of hydrogen-bond acceptors (Lipinski definition) is 6. The lowest BCUT2D eigenvalue weighted by Crippen LogP contribution is -2.39. The third kappa shape index (κ3) is 3.85. The number of aromatic nitrogens is 2. The molecule has 4 rings (SSSR count). The first-order valence-electron chi connectivity index (χ1n) is 9.01. The minimum Gasteiger partial charge on any atom is -0.474 e. The Morgan fingerprint density at radius 3 is 2.69 bits per heavy atom. The summed E-state index contributed by atoms with van der Waals surface area (Å²) >= 11 is 0. The van der Waals surface area contributed by atoms with E-state index < -0.39 is 0 Å². The van der Waals surface area contributed by atoms with Crippen LogP contribution in [0.25, 0.3) is 0 Å². The van der Waals surface area contributed by atoms with Crippen LogP contribution in [-0.4, -0.2) is 28.2 Å². The second-order valence-corrected chi connectivity index (χ2v) is 6.95. The van der Waals surface area contributed by atoms with Gasteiger partial charge in [-0.05, 0) is 44.6 Å². The lowest BCUT2D eigenvalue weighted by Gasteiger charge is -2.28. The van der Waals surface area contributed by atoms with Crippen molar-refractivity contribution < 1.29 is 14.1 Å². The Bertz CT molecular complexity index is 812. The van der Waals surface area contributed by atoms with Gasteiger partial charge in [-0.2, -0.15) is 5.26 Å². The molecule has 2 saturated carbocycles. The highest BCUT2D eigenvalue weighted by Crippen LogP contribution is 2.40. The molecule has 0 radical (unpaired) electrons. The zero-order valence-corrected chi connectivity index (χ0v) is 14.4. The maximum absolute atomic E-state index is 12.3. The molecule has 0 atom stereocenters. The Labute approximate surface area is 151 Å². The summed E-state index contributed by atoms with van der Waals surface area (Å²) in [6, 6.07) is 7.33. The fraction of sp³-hybridized carbons (Fsp3) is 0.474. The number of pyridine rings is 1. The van der Waals surface area contributed by atoms with Gasteiger partial charge in [0.25, 0.3) is 5.91 Å². The zero-order valence-electron chi connectivity index (χ0n) is 14.4. The van der Waals surface area contributed by atoms with Crippen LogP contribution in [0, 0.1) is 11.3 Å². The van der Waals surface area contributed by atoms with Crippen molar-refractivity contribution in [2.45, 2.75) is 56.6 Å². The number of amides is 1. The van der Waals surface area contributed by atoms with Crippen molar-refractivity contribution in [1.29, 1.82) is 5.26 Å². The molecular formula is C19H20N4O3. The van der Waals surface area contributed by atoms with E-state index in [4.69, 9.17) is 14.5 Å². The lowest BCUT2D eigenvalue weighted by molar-refractivity contribution is 0.0881. The molecular weight excluding hydrogens is 332 g/mol. The average molecular weight is 352 g/mol. The molecule has 0 bridgehead atoms. The average Bonchev–Trinajstić information content (AvgIpc) is 3.40. The van der Waals surface area contributed by atoms with Crippen LogP contribution in [0.15, 0.2) is 28.9 Å². The minimum atomic E-state index is -0.168. The van der Waals surface area contributed by atoms with Gasteiger partial charge in [-0.25, -0.2) is 4.98 Å². The Balaban J connectivity index is 1.25. The molecule has 2 heterocycles. The van der Waals surface area contributed by atoms with Gasteiger partial charge in [-0.3, -0.25) is 4.79 Å². The van der Waals surface area contributed by atoms with E-state index in [0.29, 0.717) is 23.1 Å². The molecule has 0 aliphatic heterocycles. The predicted molar refractivity (Wildman–Crippen MR) is 91.6 cm³/mol. The summed E-state index contributed by atoms with van der Waals surface area (Å²) in [4.78, 5) is 16.4. The van der Waals surface area contributed by atoms with Gasteiger partial charge in [0.05, 0.1) is 5.56 Å². The number of ether oxygens (including phenoxy) is 1. The highest BCUT2D eigenvalue weighted by molar-refractivity contribution is 5.92. The van der Waals surface area contributed by atoms with E-state index in [0.717, 1.165) is 44.3 Å². The molecule has 7 heteroatoms. The second-order valence-electron chi connectivity index (χ2n) is 6.95. The summed E-state index contributed by atoms with van der Waals surface area (Å²) in [7, 11) is 0. The normalized spacial score (nSPS) is 22.4. The third-order valence-corrected chi connectivity index (χ3v) is 4.90. The van der Waals surface area contributed by atoms with Crippen LogP contribution in [0.3, 0.4) is 0 Å². The smallest absolute Gasteiger partial charge is 0.273 e. The molecule has 0 saturated heterocycles. The number of rotatable bonds is 5. The Morgan fingerprint density at radius 1 is 1.23 bits per heavy atom. The van der Waals surface area contributed by atoms with E-state index in [9.17, 15) is 4.79 Å². The minimum absolute atomic E-state index is 0.0807. The number of nitrogens with one attached hydrogen (secondary N) is 1. The van der Waals surface area contributed by atoms with Crippen molar-refractivity contribution in [2.24, 2.45) is 0 Å². The maximum Gasteiger partial charge on any atom is 0.273 e. The van der Waals surface area contributed by atoms with Crippen LogP contribution in [0.4, 0.5) is 0 Å². The van der Waals surface area contributed by atoms with E-state index in [1.807, 2.05) is 6.07 Å². The molecule has 0 spiro atoms. The van der Waals surface area contributed by atoms with Gasteiger partial charge >= 0.3 is 0 Å². The first-order valence-corrected chi connectivity index (χ1v) is 9.01. The monoisotopic (exact) mass is 352 g/mol. The Morgan fingerprint density at radius 2 is 2.04 bits per heavy atom. The van der Waals surface area contributed by atoms with Gasteiger partial charge in [0.2, 0.25) is 5.88 Å². The summed E-state index contributed by atoms with van der Waals surface area (Å²) in [6.45, 7) is 0. The van der Waals surface area contributed by atoms with E-state index >= 15 is 0 Å². The van der Waals surface area contributed by atoms with Crippen LogP contribution in [0.5, 0.6) is 5.88 Å². The molecule has 2 aromatic heterocycles. The van der Waals surface area contributed by atoms with Crippen LogP contribution >= 0.6 is 0 Å². The molecule has 134 valence electrons. The van der Waals surface area contributed by atoms with Gasteiger partial charge in [0, 0.05) is 30.3 Å². The van der Waals surface area contributed by atoms with Gasteiger partial charge in [0.1, 0.15) is 17.9 Å². The van der Waals surface area contributed by atoms with E-state index in [1.54, 1.807) is 18.2 Å².